The third-order valence-electron chi connectivity index (χ3n) is 5.00. The molecular formula is C22H29N3O5S. The number of nitrogens with one attached hydrogen (secondary N) is 1. The predicted molar refractivity (Wildman–Crippen MR) is 117 cm³/mol. The number of ether oxygens (including phenoxy) is 2. The van der Waals surface area contributed by atoms with Gasteiger partial charge in [-0.1, -0.05) is 30.3 Å². The molecule has 3 rings (SSSR count). The predicted octanol–water partition coefficient (Wildman–Crippen LogP) is 1.33. The summed E-state index contributed by atoms with van der Waals surface area (Å²) in [6.07, 6.45) is 0. The quantitative estimate of drug-likeness (QED) is 0.591. The Balaban J connectivity index is 1.45. The minimum atomic E-state index is -3.62. The van der Waals surface area contributed by atoms with E-state index in [0.29, 0.717) is 12.3 Å². The van der Waals surface area contributed by atoms with Crippen molar-refractivity contribution in [2.75, 3.05) is 53.0 Å². The summed E-state index contributed by atoms with van der Waals surface area (Å²) >= 11 is 0. The standard InChI is InChI=1S/C22H29N3O5S/c1-24(17-19-5-3-2-4-6-19)31(27,28)21-9-7-20(8-10-21)30-18-22(26)23-11-12-25-13-15-29-16-14-25/h2-10H,11-18H2,1H3,(H,23,26). The first kappa shape index (κ1) is 23.2. The second-order valence-corrected chi connectivity index (χ2v) is 9.36. The Hall–Kier alpha value is -2.46. The molecule has 2 aromatic carbocycles. The minimum absolute atomic E-state index is 0.122. The lowest BCUT2D eigenvalue weighted by atomic mass is 10.2. The zero-order chi connectivity index (χ0) is 22.1. The number of amides is 1. The van der Waals surface area contributed by atoms with Gasteiger partial charge in [0.2, 0.25) is 10.0 Å². The van der Waals surface area contributed by atoms with Gasteiger partial charge in [-0.05, 0) is 29.8 Å². The summed E-state index contributed by atoms with van der Waals surface area (Å²) in [5.74, 6) is 0.223. The first-order valence-corrected chi connectivity index (χ1v) is 11.7. The fourth-order valence-electron chi connectivity index (χ4n) is 3.19. The summed E-state index contributed by atoms with van der Waals surface area (Å²) in [4.78, 5) is 14.4. The van der Waals surface area contributed by atoms with Crippen molar-refractivity contribution in [1.29, 1.82) is 0 Å². The topological polar surface area (TPSA) is 88.2 Å². The fourth-order valence-corrected chi connectivity index (χ4v) is 4.35. The maximum absolute atomic E-state index is 12.8. The molecule has 9 heteroatoms. The number of benzene rings is 2. The van der Waals surface area contributed by atoms with Crippen molar-refractivity contribution >= 4 is 15.9 Å². The van der Waals surface area contributed by atoms with Crippen molar-refractivity contribution in [2.24, 2.45) is 0 Å². The summed E-state index contributed by atoms with van der Waals surface area (Å²) in [5, 5.41) is 2.82. The van der Waals surface area contributed by atoms with Gasteiger partial charge < -0.3 is 14.8 Å². The molecule has 31 heavy (non-hydrogen) atoms. The van der Waals surface area contributed by atoms with Gasteiger partial charge in [0.05, 0.1) is 18.1 Å². The minimum Gasteiger partial charge on any atom is -0.484 e. The van der Waals surface area contributed by atoms with Crippen LogP contribution in [0.25, 0.3) is 0 Å². The van der Waals surface area contributed by atoms with E-state index in [9.17, 15) is 13.2 Å². The highest BCUT2D eigenvalue weighted by molar-refractivity contribution is 7.89. The molecule has 2 aromatic rings. The number of hydrogen-bond donors (Lipinski definition) is 1. The molecule has 8 nitrogen and oxygen atoms in total. The third kappa shape index (κ3) is 7.03. The summed E-state index contributed by atoms with van der Waals surface area (Å²) in [7, 11) is -2.07. The van der Waals surface area contributed by atoms with Crippen LogP contribution in [0.5, 0.6) is 5.75 Å². The summed E-state index contributed by atoms with van der Waals surface area (Å²) < 4.78 is 37.6. The van der Waals surface area contributed by atoms with E-state index < -0.39 is 10.0 Å². The molecule has 0 unspecified atom stereocenters. The molecule has 0 saturated carbocycles. The van der Waals surface area contributed by atoms with Crippen molar-refractivity contribution in [3.63, 3.8) is 0 Å². The second-order valence-electron chi connectivity index (χ2n) is 7.31. The van der Waals surface area contributed by atoms with E-state index in [1.54, 1.807) is 19.2 Å². The average molecular weight is 448 g/mol. The molecule has 0 aromatic heterocycles. The van der Waals surface area contributed by atoms with E-state index in [-0.39, 0.29) is 24.0 Å². The molecule has 1 aliphatic rings. The monoisotopic (exact) mass is 447 g/mol. The lowest BCUT2D eigenvalue weighted by Crippen LogP contribution is -2.42. The molecule has 0 spiro atoms. The van der Waals surface area contributed by atoms with Crippen LogP contribution in [0.15, 0.2) is 59.5 Å². The van der Waals surface area contributed by atoms with Gasteiger partial charge in [0.15, 0.2) is 6.61 Å². The molecule has 168 valence electrons. The molecule has 1 N–H and O–H groups in total. The number of hydrogen-bond acceptors (Lipinski definition) is 6. The Morgan fingerprint density at radius 3 is 2.45 bits per heavy atom. The van der Waals surface area contributed by atoms with Crippen molar-refractivity contribution in [3.8, 4) is 5.75 Å². The van der Waals surface area contributed by atoms with Crippen molar-refractivity contribution in [3.05, 3.63) is 60.2 Å². The number of carbonyl (C=O) groups is 1. The van der Waals surface area contributed by atoms with E-state index in [4.69, 9.17) is 9.47 Å². The lowest BCUT2D eigenvalue weighted by Gasteiger charge is -2.26. The van der Waals surface area contributed by atoms with Crippen LogP contribution < -0.4 is 10.1 Å². The molecule has 1 heterocycles. The summed E-state index contributed by atoms with van der Waals surface area (Å²) in [6.45, 7) is 4.69. The van der Waals surface area contributed by atoms with Gasteiger partial charge in [-0.2, -0.15) is 4.31 Å². The van der Waals surface area contributed by atoms with E-state index in [1.807, 2.05) is 30.3 Å². The number of carbonyl (C=O) groups excluding carboxylic acids is 1. The van der Waals surface area contributed by atoms with Gasteiger partial charge >= 0.3 is 0 Å². The first-order chi connectivity index (χ1) is 14.9. The number of rotatable bonds is 10. The molecule has 1 amide bonds. The van der Waals surface area contributed by atoms with Crippen LogP contribution in [0.4, 0.5) is 0 Å². The third-order valence-corrected chi connectivity index (χ3v) is 6.82. The smallest absolute Gasteiger partial charge is 0.257 e. The molecule has 0 bridgehead atoms. The Morgan fingerprint density at radius 2 is 1.77 bits per heavy atom. The Bertz CT molecular complexity index is 929. The maximum atomic E-state index is 12.8. The lowest BCUT2D eigenvalue weighted by molar-refractivity contribution is -0.123. The van der Waals surface area contributed by atoms with Crippen molar-refractivity contribution < 1.29 is 22.7 Å². The van der Waals surface area contributed by atoms with E-state index >= 15 is 0 Å². The SMILES string of the molecule is CN(Cc1ccccc1)S(=O)(=O)c1ccc(OCC(=O)NCCN2CCOCC2)cc1. The molecule has 1 aliphatic heterocycles. The Labute approximate surface area is 183 Å². The number of morpholine rings is 1. The van der Waals surface area contributed by atoms with Crippen LogP contribution >= 0.6 is 0 Å². The van der Waals surface area contributed by atoms with Gasteiger partial charge in [0.1, 0.15) is 5.75 Å². The highest BCUT2D eigenvalue weighted by Gasteiger charge is 2.21. The number of nitrogens with zero attached hydrogens (tertiary/aromatic N) is 2. The van der Waals surface area contributed by atoms with Crippen LogP contribution in [0.1, 0.15) is 5.56 Å². The van der Waals surface area contributed by atoms with Crippen LogP contribution in [0.2, 0.25) is 0 Å². The van der Waals surface area contributed by atoms with E-state index in [1.165, 1.54) is 16.4 Å². The van der Waals surface area contributed by atoms with Crippen LogP contribution in [-0.4, -0.2) is 76.6 Å². The largest absolute Gasteiger partial charge is 0.484 e. The normalized spacial score (nSPS) is 15.0. The van der Waals surface area contributed by atoms with Crippen molar-refractivity contribution in [2.45, 2.75) is 11.4 Å². The highest BCUT2D eigenvalue weighted by atomic mass is 32.2. The van der Waals surface area contributed by atoms with Gasteiger partial charge in [-0.25, -0.2) is 8.42 Å². The van der Waals surface area contributed by atoms with Crippen LogP contribution in [-0.2, 0) is 26.1 Å². The molecule has 0 atom stereocenters. The zero-order valence-corrected chi connectivity index (χ0v) is 18.5. The summed E-state index contributed by atoms with van der Waals surface area (Å²) in [5.41, 5.74) is 0.910. The van der Waals surface area contributed by atoms with Gasteiger partial charge in [-0.3, -0.25) is 9.69 Å². The van der Waals surface area contributed by atoms with Crippen molar-refractivity contribution in [1.82, 2.24) is 14.5 Å². The van der Waals surface area contributed by atoms with Crippen LogP contribution in [0.3, 0.4) is 0 Å². The Morgan fingerprint density at radius 1 is 1.10 bits per heavy atom. The molecule has 1 fully saturated rings. The highest BCUT2D eigenvalue weighted by Crippen LogP contribution is 2.20. The van der Waals surface area contributed by atoms with Crippen LogP contribution in [0, 0.1) is 0 Å². The molecule has 1 saturated heterocycles. The average Bonchev–Trinajstić information content (AvgIpc) is 2.79. The van der Waals surface area contributed by atoms with E-state index in [0.717, 1.165) is 38.4 Å². The number of sulfonamides is 1. The molecular weight excluding hydrogens is 418 g/mol. The second kappa shape index (κ2) is 11.2. The fraction of sp³-hybridized carbons (Fsp3) is 0.409. The zero-order valence-electron chi connectivity index (χ0n) is 17.7. The molecule has 0 aliphatic carbocycles. The van der Waals surface area contributed by atoms with E-state index in [2.05, 4.69) is 10.2 Å². The maximum Gasteiger partial charge on any atom is 0.257 e. The van der Waals surface area contributed by atoms with Gasteiger partial charge in [-0.15, -0.1) is 0 Å². The Kier molecular flexibility index (Phi) is 8.42. The first-order valence-electron chi connectivity index (χ1n) is 10.2. The summed E-state index contributed by atoms with van der Waals surface area (Å²) in [6, 6.07) is 15.5. The molecule has 0 radical (unpaired) electrons. The van der Waals surface area contributed by atoms with Gasteiger partial charge in [0.25, 0.3) is 5.91 Å². The van der Waals surface area contributed by atoms with Gasteiger partial charge in [0, 0.05) is 39.8 Å².